The third-order valence-electron chi connectivity index (χ3n) is 1.13. The number of carbonyl (C=O) groups excluding carboxylic acids is 2. The van der Waals surface area contributed by atoms with E-state index in [-0.39, 0.29) is 6.61 Å². The van der Waals surface area contributed by atoms with Gasteiger partial charge in [-0.25, -0.2) is 9.52 Å². The summed E-state index contributed by atoms with van der Waals surface area (Å²) in [5.41, 5.74) is 0. The first-order valence-corrected chi connectivity index (χ1v) is 5.40. The molecule has 0 heterocycles. The van der Waals surface area contributed by atoms with Crippen molar-refractivity contribution < 1.29 is 27.5 Å². The second-order valence-corrected chi connectivity index (χ2v) is 3.72. The van der Waals surface area contributed by atoms with Crippen LogP contribution < -0.4 is 9.44 Å². The Hall–Kier alpha value is -1.35. The molecular formula is C6H12N2O6S. The minimum absolute atomic E-state index is 0.0400. The quantitative estimate of drug-likeness (QED) is 0.580. The molecule has 0 aromatic carbocycles. The minimum Gasteiger partial charge on any atom is -0.468 e. The Morgan fingerprint density at radius 1 is 1.33 bits per heavy atom. The van der Waals surface area contributed by atoms with Crippen molar-refractivity contribution in [3.05, 3.63) is 0 Å². The van der Waals surface area contributed by atoms with E-state index in [9.17, 15) is 18.0 Å². The molecule has 0 unspecified atom stereocenters. The maximum Gasteiger partial charge on any atom is 0.421 e. The monoisotopic (exact) mass is 240 g/mol. The minimum atomic E-state index is -4.08. The SMILES string of the molecule is CCOC(=O)NS(=O)(=O)NCC(=O)OC. The number of amides is 1. The Kier molecular flexibility index (Phi) is 5.64. The van der Waals surface area contributed by atoms with E-state index in [1.165, 1.54) is 11.6 Å². The molecule has 0 aromatic heterocycles. The highest BCUT2D eigenvalue weighted by molar-refractivity contribution is 7.88. The van der Waals surface area contributed by atoms with Crippen molar-refractivity contribution in [3.63, 3.8) is 0 Å². The highest BCUT2D eigenvalue weighted by Gasteiger charge is 2.15. The van der Waals surface area contributed by atoms with Gasteiger partial charge in [0.1, 0.15) is 6.54 Å². The molecule has 0 spiro atoms. The zero-order chi connectivity index (χ0) is 11.9. The first-order chi connectivity index (χ1) is 6.91. The first-order valence-electron chi connectivity index (χ1n) is 3.92. The largest absolute Gasteiger partial charge is 0.468 e. The Morgan fingerprint density at radius 2 is 1.93 bits per heavy atom. The molecule has 0 aliphatic heterocycles. The Balaban J connectivity index is 4.08. The topological polar surface area (TPSA) is 111 Å². The van der Waals surface area contributed by atoms with E-state index in [0.717, 1.165) is 7.11 Å². The normalized spacial score (nSPS) is 10.5. The van der Waals surface area contributed by atoms with Crippen molar-refractivity contribution >= 4 is 22.3 Å². The molecule has 0 saturated heterocycles. The van der Waals surface area contributed by atoms with Crippen molar-refractivity contribution in [2.24, 2.45) is 0 Å². The van der Waals surface area contributed by atoms with Crippen LogP contribution in [0, 0.1) is 0 Å². The van der Waals surface area contributed by atoms with Crippen LogP contribution in [0.25, 0.3) is 0 Å². The lowest BCUT2D eigenvalue weighted by Crippen LogP contribution is -2.42. The predicted molar refractivity (Wildman–Crippen MR) is 49.1 cm³/mol. The van der Waals surface area contributed by atoms with Gasteiger partial charge in [-0.3, -0.25) is 4.79 Å². The third-order valence-corrected chi connectivity index (χ3v) is 2.09. The van der Waals surface area contributed by atoms with Crippen molar-refractivity contribution in [2.75, 3.05) is 20.3 Å². The molecular weight excluding hydrogens is 228 g/mol. The first kappa shape index (κ1) is 13.7. The van der Waals surface area contributed by atoms with Crippen LogP contribution in [0.1, 0.15) is 6.92 Å². The van der Waals surface area contributed by atoms with Crippen LogP contribution in [-0.4, -0.2) is 40.7 Å². The molecule has 2 N–H and O–H groups in total. The number of methoxy groups -OCH3 is 1. The van der Waals surface area contributed by atoms with Crippen molar-refractivity contribution in [2.45, 2.75) is 6.92 Å². The van der Waals surface area contributed by atoms with Crippen LogP contribution in [0.5, 0.6) is 0 Å². The van der Waals surface area contributed by atoms with E-state index in [1.54, 1.807) is 4.72 Å². The summed E-state index contributed by atoms with van der Waals surface area (Å²) in [5, 5.41) is 0. The summed E-state index contributed by atoms with van der Waals surface area (Å²) in [6.07, 6.45) is -1.12. The Morgan fingerprint density at radius 3 is 2.40 bits per heavy atom. The molecule has 0 fully saturated rings. The van der Waals surface area contributed by atoms with E-state index in [1.807, 2.05) is 0 Å². The van der Waals surface area contributed by atoms with Gasteiger partial charge in [-0.15, -0.1) is 0 Å². The van der Waals surface area contributed by atoms with E-state index in [2.05, 4.69) is 9.47 Å². The standard InChI is InChI=1S/C6H12N2O6S/c1-3-14-6(10)8-15(11,12)7-4-5(9)13-2/h7H,3-4H2,1-2H3,(H,8,10). The molecule has 88 valence electrons. The molecule has 0 rings (SSSR count). The van der Waals surface area contributed by atoms with Gasteiger partial charge >= 0.3 is 22.3 Å². The summed E-state index contributed by atoms with van der Waals surface area (Å²) in [7, 11) is -2.98. The van der Waals surface area contributed by atoms with Gasteiger partial charge in [0.2, 0.25) is 0 Å². The summed E-state index contributed by atoms with van der Waals surface area (Å²) in [5.74, 6) is -0.774. The van der Waals surface area contributed by atoms with Crippen LogP contribution in [0.4, 0.5) is 4.79 Å². The molecule has 0 bridgehead atoms. The molecule has 1 amide bonds. The Bertz CT molecular complexity index is 325. The lowest BCUT2D eigenvalue weighted by molar-refractivity contribution is -0.139. The second kappa shape index (κ2) is 6.19. The molecule has 0 radical (unpaired) electrons. The molecule has 0 atom stereocenters. The number of rotatable bonds is 5. The average Bonchev–Trinajstić information content (AvgIpc) is 2.13. The lowest BCUT2D eigenvalue weighted by atomic mass is 10.7. The van der Waals surface area contributed by atoms with Gasteiger partial charge in [-0.05, 0) is 6.92 Å². The zero-order valence-corrected chi connectivity index (χ0v) is 9.09. The molecule has 0 aromatic rings. The van der Waals surface area contributed by atoms with Crippen LogP contribution in [0.15, 0.2) is 0 Å². The van der Waals surface area contributed by atoms with Gasteiger partial charge in [0.15, 0.2) is 0 Å². The van der Waals surface area contributed by atoms with Gasteiger partial charge in [0.25, 0.3) is 0 Å². The third kappa shape index (κ3) is 6.69. The lowest BCUT2D eigenvalue weighted by Gasteiger charge is -2.06. The molecule has 0 aliphatic carbocycles. The number of esters is 1. The van der Waals surface area contributed by atoms with Gasteiger partial charge in [0, 0.05) is 0 Å². The van der Waals surface area contributed by atoms with Gasteiger partial charge in [0.05, 0.1) is 13.7 Å². The van der Waals surface area contributed by atoms with Crippen LogP contribution in [0.2, 0.25) is 0 Å². The van der Waals surface area contributed by atoms with Crippen LogP contribution >= 0.6 is 0 Å². The molecule has 15 heavy (non-hydrogen) atoms. The Labute approximate surface area is 87.1 Å². The maximum atomic E-state index is 11.0. The second-order valence-electron chi connectivity index (χ2n) is 2.22. The van der Waals surface area contributed by atoms with Crippen LogP contribution in [-0.2, 0) is 24.5 Å². The van der Waals surface area contributed by atoms with E-state index in [0.29, 0.717) is 0 Å². The summed E-state index contributed by atoms with van der Waals surface area (Å²) >= 11 is 0. The molecule has 8 nitrogen and oxygen atoms in total. The van der Waals surface area contributed by atoms with E-state index < -0.39 is 28.8 Å². The summed E-state index contributed by atoms with van der Waals surface area (Å²) < 4.78 is 33.8. The fourth-order valence-electron chi connectivity index (χ4n) is 0.532. The number of nitrogens with one attached hydrogen (secondary N) is 2. The smallest absolute Gasteiger partial charge is 0.421 e. The summed E-state index contributed by atoms with van der Waals surface area (Å²) in [6, 6.07) is 0. The number of ether oxygens (including phenoxy) is 2. The van der Waals surface area contributed by atoms with Crippen molar-refractivity contribution in [1.29, 1.82) is 0 Å². The highest BCUT2D eigenvalue weighted by Crippen LogP contribution is 1.82. The number of hydrogen-bond donors (Lipinski definition) is 2. The fourth-order valence-corrected chi connectivity index (χ4v) is 1.19. The molecule has 0 aliphatic rings. The molecule has 9 heteroatoms. The summed E-state index contributed by atoms with van der Waals surface area (Å²) in [4.78, 5) is 21.3. The number of carbonyl (C=O) groups is 2. The van der Waals surface area contributed by atoms with Gasteiger partial charge in [-0.1, -0.05) is 0 Å². The van der Waals surface area contributed by atoms with Crippen LogP contribution in [0.3, 0.4) is 0 Å². The van der Waals surface area contributed by atoms with E-state index >= 15 is 0 Å². The maximum absolute atomic E-state index is 11.0. The van der Waals surface area contributed by atoms with Crippen molar-refractivity contribution in [3.8, 4) is 0 Å². The highest BCUT2D eigenvalue weighted by atomic mass is 32.2. The zero-order valence-electron chi connectivity index (χ0n) is 8.27. The number of hydrogen-bond acceptors (Lipinski definition) is 6. The fraction of sp³-hybridized carbons (Fsp3) is 0.667. The molecule has 0 saturated carbocycles. The van der Waals surface area contributed by atoms with E-state index in [4.69, 9.17) is 0 Å². The van der Waals surface area contributed by atoms with Crippen molar-refractivity contribution in [1.82, 2.24) is 9.44 Å². The van der Waals surface area contributed by atoms with Gasteiger partial charge < -0.3 is 9.47 Å². The summed E-state index contributed by atoms with van der Waals surface area (Å²) in [6.45, 7) is 0.998. The van der Waals surface area contributed by atoms with Gasteiger partial charge in [-0.2, -0.15) is 13.1 Å². The predicted octanol–water partition coefficient (Wildman–Crippen LogP) is -1.26. The average molecular weight is 240 g/mol.